The van der Waals surface area contributed by atoms with Crippen LogP contribution in [-0.4, -0.2) is 55.2 Å². The minimum atomic E-state index is -0.154. The first-order chi connectivity index (χ1) is 12.6. The summed E-state index contributed by atoms with van der Waals surface area (Å²) in [5.74, 6) is 1.39. The number of carbonyl (C=O) groups excluding carboxylic acids is 1. The van der Waals surface area contributed by atoms with E-state index in [1.54, 1.807) is 6.20 Å². The fourth-order valence-corrected chi connectivity index (χ4v) is 3.06. The number of aliphatic imine (C=N–C) groups is 1. The SMILES string of the molecule is CCCOc1ncccc1CN=C(NCC)N1CC(C)C(C(=O)OC)C1. The third-order valence-electron chi connectivity index (χ3n) is 4.44. The molecule has 0 saturated carbocycles. The lowest BCUT2D eigenvalue weighted by Gasteiger charge is -2.21. The van der Waals surface area contributed by atoms with E-state index in [0.717, 1.165) is 31.0 Å². The summed E-state index contributed by atoms with van der Waals surface area (Å²) in [5, 5.41) is 3.32. The van der Waals surface area contributed by atoms with Crippen LogP contribution in [-0.2, 0) is 16.1 Å². The molecular formula is C19H30N4O3. The Hall–Kier alpha value is -2.31. The van der Waals surface area contributed by atoms with E-state index < -0.39 is 0 Å². The van der Waals surface area contributed by atoms with E-state index in [1.807, 2.05) is 19.1 Å². The number of nitrogens with one attached hydrogen (secondary N) is 1. The lowest BCUT2D eigenvalue weighted by molar-refractivity contribution is -0.145. The third-order valence-corrected chi connectivity index (χ3v) is 4.44. The number of nitrogens with zero attached hydrogens (tertiary/aromatic N) is 3. The number of carbonyl (C=O) groups is 1. The van der Waals surface area contributed by atoms with Crippen molar-refractivity contribution in [1.29, 1.82) is 0 Å². The molecule has 1 aromatic rings. The largest absolute Gasteiger partial charge is 0.477 e. The molecular weight excluding hydrogens is 332 g/mol. The quantitative estimate of drug-likeness (QED) is 0.455. The predicted molar refractivity (Wildman–Crippen MR) is 101 cm³/mol. The molecule has 1 N–H and O–H groups in total. The van der Waals surface area contributed by atoms with Crippen molar-refractivity contribution in [3.8, 4) is 5.88 Å². The van der Waals surface area contributed by atoms with Crippen molar-refractivity contribution in [2.24, 2.45) is 16.8 Å². The number of hydrogen-bond donors (Lipinski definition) is 1. The average Bonchev–Trinajstić information content (AvgIpc) is 3.05. The molecule has 1 aromatic heterocycles. The van der Waals surface area contributed by atoms with Gasteiger partial charge in [0.25, 0.3) is 0 Å². The van der Waals surface area contributed by atoms with E-state index in [4.69, 9.17) is 14.5 Å². The molecule has 1 fully saturated rings. The van der Waals surface area contributed by atoms with Gasteiger partial charge in [0.05, 0.1) is 26.2 Å². The Morgan fingerprint density at radius 1 is 1.42 bits per heavy atom. The van der Waals surface area contributed by atoms with Gasteiger partial charge in [-0.25, -0.2) is 9.98 Å². The highest BCUT2D eigenvalue weighted by atomic mass is 16.5. The van der Waals surface area contributed by atoms with Gasteiger partial charge < -0.3 is 19.7 Å². The highest BCUT2D eigenvalue weighted by Gasteiger charge is 2.36. The molecule has 1 aliphatic heterocycles. The van der Waals surface area contributed by atoms with Crippen LogP contribution in [0.2, 0.25) is 0 Å². The maximum Gasteiger partial charge on any atom is 0.310 e. The van der Waals surface area contributed by atoms with E-state index in [-0.39, 0.29) is 17.8 Å². The molecule has 0 aromatic carbocycles. The lowest BCUT2D eigenvalue weighted by atomic mass is 9.99. The molecule has 7 nitrogen and oxygen atoms in total. The summed E-state index contributed by atoms with van der Waals surface area (Å²) >= 11 is 0. The van der Waals surface area contributed by atoms with Crippen LogP contribution in [0, 0.1) is 11.8 Å². The maximum absolute atomic E-state index is 11.9. The number of hydrogen-bond acceptors (Lipinski definition) is 5. The summed E-state index contributed by atoms with van der Waals surface area (Å²) in [6.07, 6.45) is 2.66. The zero-order chi connectivity index (χ0) is 18.9. The van der Waals surface area contributed by atoms with E-state index in [1.165, 1.54) is 7.11 Å². The fourth-order valence-electron chi connectivity index (χ4n) is 3.06. The molecule has 2 rings (SSSR count). The number of likely N-dealkylation sites (tertiary alicyclic amines) is 1. The zero-order valence-corrected chi connectivity index (χ0v) is 16.2. The van der Waals surface area contributed by atoms with Crippen LogP contribution in [0.3, 0.4) is 0 Å². The van der Waals surface area contributed by atoms with Crippen LogP contribution in [0.25, 0.3) is 0 Å². The van der Waals surface area contributed by atoms with Crippen molar-refractivity contribution in [2.75, 3.05) is 33.4 Å². The van der Waals surface area contributed by atoms with E-state index in [0.29, 0.717) is 25.6 Å². The van der Waals surface area contributed by atoms with Crippen molar-refractivity contribution in [2.45, 2.75) is 33.7 Å². The van der Waals surface area contributed by atoms with Gasteiger partial charge in [-0.2, -0.15) is 0 Å². The molecule has 0 spiro atoms. The second-order valence-electron chi connectivity index (χ2n) is 6.50. The number of pyridine rings is 1. The molecule has 0 radical (unpaired) electrons. The standard InChI is InChI=1S/C19H30N4O3/c1-5-10-26-17-15(8-7-9-21-17)11-22-19(20-6-2)23-12-14(3)16(13-23)18(24)25-4/h7-9,14,16H,5-6,10-13H2,1-4H3,(H,20,22). The van der Waals surface area contributed by atoms with Crippen LogP contribution < -0.4 is 10.1 Å². The van der Waals surface area contributed by atoms with Gasteiger partial charge in [-0.1, -0.05) is 19.9 Å². The predicted octanol–water partition coefficient (Wildman–Crippen LogP) is 2.08. The topological polar surface area (TPSA) is 76.1 Å². The first kappa shape index (κ1) is 20.0. The van der Waals surface area contributed by atoms with E-state index in [2.05, 4.69) is 29.0 Å². The summed E-state index contributed by atoms with van der Waals surface area (Å²) in [7, 11) is 1.44. The molecule has 7 heteroatoms. The Morgan fingerprint density at radius 2 is 2.23 bits per heavy atom. The van der Waals surface area contributed by atoms with Crippen LogP contribution in [0.1, 0.15) is 32.8 Å². The van der Waals surface area contributed by atoms with E-state index >= 15 is 0 Å². The summed E-state index contributed by atoms with van der Waals surface area (Å²) in [5.41, 5.74) is 0.952. The van der Waals surface area contributed by atoms with Crippen LogP contribution >= 0.6 is 0 Å². The van der Waals surface area contributed by atoms with Gasteiger partial charge in [-0.15, -0.1) is 0 Å². The molecule has 1 aliphatic rings. The number of esters is 1. The first-order valence-corrected chi connectivity index (χ1v) is 9.28. The Kier molecular flexibility index (Phi) is 7.69. The molecule has 2 unspecified atom stereocenters. The highest BCUT2D eigenvalue weighted by molar-refractivity contribution is 5.82. The van der Waals surface area contributed by atoms with Crippen molar-refractivity contribution in [3.63, 3.8) is 0 Å². The Balaban J connectivity index is 2.11. The number of rotatable bonds is 7. The molecule has 1 saturated heterocycles. The van der Waals surface area contributed by atoms with E-state index in [9.17, 15) is 4.79 Å². The normalized spacial score (nSPS) is 20.2. The van der Waals surface area contributed by atoms with Crippen LogP contribution in [0.5, 0.6) is 5.88 Å². The first-order valence-electron chi connectivity index (χ1n) is 9.28. The third kappa shape index (κ3) is 5.09. The Bertz CT molecular complexity index is 621. The van der Waals surface area contributed by atoms with Gasteiger partial charge in [0.1, 0.15) is 0 Å². The second-order valence-corrected chi connectivity index (χ2v) is 6.50. The summed E-state index contributed by atoms with van der Waals surface area (Å²) in [6.45, 7) is 9.44. The van der Waals surface area contributed by atoms with Gasteiger partial charge in [0.2, 0.25) is 5.88 Å². The number of aromatic nitrogens is 1. The number of methoxy groups -OCH3 is 1. The minimum Gasteiger partial charge on any atom is -0.477 e. The molecule has 144 valence electrons. The Labute approximate surface area is 155 Å². The monoisotopic (exact) mass is 362 g/mol. The van der Waals surface area contributed by atoms with Gasteiger partial charge in [-0.05, 0) is 25.3 Å². The van der Waals surface area contributed by atoms with Crippen molar-refractivity contribution < 1.29 is 14.3 Å². The van der Waals surface area contributed by atoms with Gasteiger partial charge in [0.15, 0.2) is 5.96 Å². The van der Waals surface area contributed by atoms with Crippen LogP contribution in [0.15, 0.2) is 23.3 Å². The molecule has 0 amide bonds. The summed E-state index contributed by atoms with van der Waals surface area (Å²) < 4.78 is 10.6. The Morgan fingerprint density at radius 3 is 2.92 bits per heavy atom. The average molecular weight is 362 g/mol. The second kappa shape index (κ2) is 9.99. The molecule has 0 aliphatic carbocycles. The molecule has 0 bridgehead atoms. The molecule has 2 atom stereocenters. The van der Waals surface area contributed by atoms with Gasteiger partial charge in [0, 0.05) is 31.4 Å². The van der Waals surface area contributed by atoms with Crippen LogP contribution in [0.4, 0.5) is 0 Å². The smallest absolute Gasteiger partial charge is 0.310 e. The zero-order valence-electron chi connectivity index (χ0n) is 16.2. The summed E-state index contributed by atoms with van der Waals surface area (Å²) in [6, 6.07) is 3.87. The number of ether oxygens (including phenoxy) is 2. The fraction of sp³-hybridized carbons (Fsp3) is 0.632. The summed E-state index contributed by atoms with van der Waals surface area (Å²) in [4.78, 5) is 23.1. The van der Waals surface area contributed by atoms with Gasteiger partial charge in [-0.3, -0.25) is 4.79 Å². The minimum absolute atomic E-state index is 0.120. The molecule has 26 heavy (non-hydrogen) atoms. The lowest BCUT2D eigenvalue weighted by Crippen LogP contribution is -2.40. The van der Waals surface area contributed by atoms with Gasteiger partial charge >= 0.3 is 5.97 Å². The van der Waals surface area contributed by atoms with Crippen molar-refractivity contribution in [3.05, 3.63) is 23.9 Å². The molecule has 2 heterocycles. The van der Waals surface area contributed by atoms with Crippen molar-refractivity contribution >= 4 is 11.9 Å². The highest BCUT2D eigenvalue weighted by Crippen LogP contribution is 2.24. The number of guanidine groups is 1. The van der Waals surface area contributed by atoms with Crippen molar-refractivity contribution in [1.82, 2.24) is 15.2 Å². The maximum atomic E-state index is 11.9.